The Morgan fingerprint density at radius 2 is 2.00 bits per heavy atom. The number of imide groups is 1. The molecule has 1 aromatic rings. The van der Waals surface area contributed by atoms with Crippen molar-refractivity contribution in [3.05, 3.63) is 29.6 Å². The van der Waals surface area contributed by atoms with Gasteiger partial charge in [0.05, 0.1) is 18.4 Å². The highest BCUT2D eigenvalue weighted by Crippen LogP contribution is 2.43. The van der Waals surface area contributed by atoms with E-state index in [0.717, 1.165) is 18.4 Å². The first-order chi connectivity index (χ1) is 9.60. The second-order valence-corrected chi connectivity index (χ2v) is 5.71. The maximum absolute atomic E-state index is 12.3. The Balaban J connectivity index is 1.80. The van der Waals surface area contributed by atoms with E-state index in [-0.39, 0.29) is 30.2 Å². The molecule has 2 amide bonds. The molecule has 2 aliphatic rings. The molecule has 2 unspecified atom stereocenters. The van der Waals surface area contributed by atoms with Crippen LogP contribution >= 0.6 is 0 Å². The number of nitriles is 1. The maximum Gasteiger partial charge on any atom is 0.233 e. The van der Waals surface area contributed by atoms with Gasteiger partial charge in [0.1, 0.15) is 11.8 Å². The average Bonchev–Trinajstić information content (AvgIpc) is 2.93. The predicted octanol–water partition coefficient (Wildman–Crippen LogP) is 1.48. The lowest BCUT2D eigenvalue weighted by molar-refractivity contribution is -0.141. The van der Waals surface area contributed by atoms with Gasteiger partial charge in [-0.05, 0) is 36.5 Å². The zero-order valence-corrected chi connectivity index (χ0v) is 11.2. The van der Waals surface area contributed by atoms with Crippen LogP contribution in [0.5, 0.6) is 0 Å². The zero-order valence-electron chi connectivity index (χ0n) is 11.2. The first kappa shape index (κ1) is 12.8. The molecule has 2 atom stereocenters. The molecule has 20 heavy (non-hydrogen) atoms. The molecule has 1 aliphatic carbocycles. The zero-order chi connectivity index (χ0) is 14.3. The third-order valence-electron chi connectivity index (χ3n) is 4.24. The number of likely N-dealkylation sites (tertiary alicyclic amines) is 1. The molecule has 0 spiro atoms. The first-order valence-electron chi connectivity index (χ1n) is 6.80. The van der Waals surface area contributed by atoms with Crippen molar-refractivity contribution >= 4 is 11.8 Å². The van der Waals surface area contributed by atoms with Crippen molar-refractivity contribution < 1.29 is 9.59 Å². The molecule has 0 N–H and O–H groups in total. The normalized spacial score (nSPS) is 28.6. The van der Waals surface area contributed by atoms with Crippen molar-refractivity contribution in [2.24, 2.45) is 17.8 Å². The van der Waals surface area contributed by atoms with Crippen molar-refractivity contribution in [3.8, 4) is 6.07 Å². The van der Waals surface area contributed by atoms with Gasteiger partial charge in [-0.15, -0.1) is 0 Å². The molecule has 1 aliphatic heterocycles. The summed E-state index contributed by atoms with van der Waals surface area (Å²) in [6, 6.07) is 5.32. The monoisotopic (exact) mass is 269 g/mol. The fourth-order valence-corrected chi connectivity index (χ4v) is 3.32. The first-order valence-corrected chi connectivity index (χ1v) is 6.80. The Hall–Kier alpha value is -2.22. The summed E-state index contributed by atoms with van der Waals surface area (Å²) < 4.78 is 0. The SMILES string of the molecule is CC1CC2C(=O)N(Cc3ccnc(C#N)c3)C(=O)C2C1. The highest BCUT2D eigenvalue weighted by atomic mass is 16.2. The summed E-state index contributed by atoms with van der Waals surface area (Å²) >= 11 is 0. The van der Waals surface area contributed by atoms with Gasteiger partial charge in [-0.3, -0.25) is 14.5 Å². The summed E-state index contributed by atoms with van der Waals surface area (Å²) in [4.78, 5) is 29.9. The molecule has 3 rings (SSSR count). The number of pyridine rings is 1. The minimum absolute atomic E-state index is 0.0559. The van der Waals surface area contributed by atoms with Crippen molar-refractivity contribution in [2.45, 2.75) is 26.3 Å². The van der Waals surface area contributed by atoms with Crippen LogP contribution in [0, 0.1) is 29.1 Å². The van der Waals surface area contributed by atoms with Crippen LogP contribution < -0.4 is 0 Å². The predicted molar refractivity (Wildman–Crippen MR) is 69.9 cm³/mol. The van der Waals surface area contributed by atoms with Crippen molar-refractivity contribution in [3.63, 3.8) is 0 Å². The number of carbonyl (C=O) groups is 2. The largest absolute Gasteiger partial charge is 0.278 e. The highest BCUT2D eigenvalue weighted by molar-refractivity contribution is 6.05. The average molecular weight is 269 g/mol. The third kappa shape index (κ3) is 1.97. The molecule has 0 radical (unpaired) electrons. The molecule has 0 bridgehead atoms. The topological polar surface area (TPSA) is 74.1 Å². The van der Waals surface area contributed by atoms with Crippen LogP contribution in [0.15, 0.2) is 18.3 Å². The number of carbonyl (C=O) groups excluding carboxylic acids is 2. The summed E-state index contributed by atoms with van der Waals surface area (Å²) in [5.74, 6) is 0.0788. The Labute approximate surface area is 117 Å². The standard InChI is InChI=1S/C15H15N3O2/c1-9-4-12-13(5-9)15(20)18(14(12)19)8-10-2-3-17-11(6-10)7-16/h2-3,6,9,12-13H,4-5,8H2,1H3. The van der Waals surface area contributed by atoms with Gasteiger partial charge in [0, 0.05) is 6.20 Å². The number of hydrogen-bond donors (Lipinski definition) is 0. The summed E-state index contributed by atoms with van der Waals surface area (Å²) in [7, 11) is 0. The van der Waals surface area contributed by atoms with Gasteiger partial charge >= 0.3 is 0 Å². The van der Waals surface area contributed by atoms with Crippen LogP contribution in [0.3, 0.4) is 0 Å². The van der Waals surface area contributed by atoms with Gasteiger partial charge in [0.25, 0.3) is 0 Å². The Morgan fingerprint density at radius 3 is 2.60 bits per heavy atom. The van der Waals surface area contributed by atoms with Gasteiger partial charge < -0.3 is 0 Å². The van der Waals surface area contributed by atoms with Crippen molar-refractivity contribution in [1.82, 2.24) is 9.88 Å². The number of fused-ring (bicyclic) bond motifs is 1. The van der Waals surface area contributed by atoms with E-state index in [0.29, 0.717) is 11.6 Å². The van der Waals surface area contributed by atoms with Gasteiger partial charge in [0.15, 0.2) is 0 Å². The van der Waals surface area contributed by atoms with Crippen LogP contribution in [-0.4, -0.2) is 21.7 Å². The number of amides is 2. The lowest BCUT2D eigenvalue weighted by Crippen LogP contribution is -2.31. The summed E-state index contributed by atoms with van der Waals surface area (Å²) in [5.41, 5.74) is 1.07. The van der Waals surface area contributed by atoms with Crippen LogP contribution in [0.4, 0.5) is 0 Å². The minimum atomic E-state index is -0.130. The van der Waals surface area contributed by atoms with E-state index in [1.807, 2.05) is 6.07 Å². The van der Waals surface area contributed by atoms with Crippen molar-refractivity contribution in [1.29, 1.82) is 5.26 Å². The molecular formula is C15H15N3O2. The van der Waals surface area contributed by atoms with Crippen LogP contribution in [-0.2, 0) is 16.1 Å². The van der Waals surface area contributed by atoms with Gasteiger partial charge in [-0.1, -0.05) is 6.92 Å². The number of aromatic nitrogens is 1. The third-order valence-corrected chi connectivity index (χ3v) is 4.24. The Morgan fingerprint density at radius 1 is 1.35 bits per heavy atom. The number of nitrogens with zero attached hydrogens (tertiary/aromatic N) is 3. The molecular weight excluding hydrogens is 254 g/mol. The second kappa shape index (κ2) is 4.71. The number of rotatable bonds is 2. The molecule has 1 aromatic heterocycles. The highest BCUT2D eigenvalue weighted by Gasteiger charge is 2.51. The molecule has 2 heterocycles. The Bertz CT molecular complexity index is 596. The molecule has 0 aromatic carbocycles. The van der Waals surface area contributed by atoms with E-state index in [9.17, 15) is 9.59 Å². The molecule has 5 nitrogen and oxygen atoms in total. The number of hydrogen-bond acceptors (Lipinski definition) is 4. The fraction of sp³-hybridized carbons (Fsp3) is 0.467. The smallest absolute Gasteiger partial charge is 0.233 e. The summed E-state index contributed by atoms with van der Waals surface area (Å²) in [5, 5.41) is 8.83. The lowest BCUT2D eigenvalue weighted by atomic mass is 10.00. The molecule has 1 saturated heterocycles. The van der Waals surface area contributed by atoms with E-state index in [2.05, 4.69) is 11.9 Å². The summed E-state index contributed by atoms with van der Waals surface area (Å²) in [6.45, 7) is 2.33. The molecule has 5 heteroatoms. The van der Waals surface area contributed by atoms with E-state index < -0.39 is 0 Å². The van der Waals surface area contributed by atoms with Crippen LogP contribution in [0.2, 0.25) is 0 Å². The maximum atomic E-state index is 12.3. The van der Waals surface area contributed by atoms with Gasteiger partial charge in [0.2, 0.25) is 11.8 Å². The molecule has 1 saturated carbocycles. The fourth-order valence-electron chi connectivity index (χ4n) is 3.32. The van der Waals surface area contributed by atoms with E-state index >= 15 is 0 Å². The summed E-state index contributed by atoms with van der Waals surface area (Å²) in [6.07, 6.45) is 3.15. The lowest BCUT2D eigenvalue weighted by Gasteiger charge is -2.16. The van der Waals surface area contributed by atoms with E-state index in [4.69, 9.17) is 5.26 Å². The molecule has 102 valence electrons. The quantitative estimate of drug-likeness (QED) is 0.762. The van der Waals surface area contributed by atoms with Crippen LogP contribution in [0.25, 0.3) is 0 Å². The van der Waals surface area contributed by atoms with Gasteiger partial charge in [-0.25, -0.2) is 4.98 Å². The second-order valence-electron chi connectivity index (χ2n) is 5.71. The van der Waals surface area contributed by atoms with Crippen LogP contribution in [0.1, 0.15) is 31.0 Å². The Kier molecular flexibility index (Phi) is 3.01. The molecule has 2 fully saturated rings. The van der Waals surface area contributed by atoms with Crippen molar-refractivity contribution in [2.75, 3.05) is 0 Å². The van der Waals surface area contributed by atoms with Gasteiger partial charge in [-0.2, -0.15) is 5.26 Å². The van der Waals surface area contributed by atoms with E-state index in [1.54, 1.807) is 12.1 Å². The minimum Gasteiger partial charge on any atom is -0.278 e. The van der Waals surface area contributed by atoms with E-state index in [1.165, 1.54) is 11.1 Å².